The van der Waals surface area contributed by atoms with Crippen LogP contribution in [-0.4, -0.2) is 12.1 Å². The molecule has 1 aromatic carbocycles. The van der Waals surface area contributed by atoms with Crippen molar-refractivity contribution in [1.82, 2.24) is 0 Å². The molecule has 1 heterocycles. The third kappa shape index (κ3) is 2.54. The number of ether oxygens (including phenoxy) is 1. The van der Waals surface area contributed by atoms with E-state index in [1.54, 1.807) is 0 Å². The lowest BCUT2D eigenvalue weighted by Gasteiger charge is -2.12. The van der Waals surface area contributed by atoms with E-state index in [1.807, 2.05) is 30.3 Å². The molecule has 0 amide bonds. The number of cyclic esters (lactones) is 1. The van der Waals surface area contributed by atoms with E-state index in [2.05, 4.69) is 6.58 Å². The summed E-state index contributed by atoms with van der Waals surface area (Å²) in [6, 6.07) is 9.66. The van der Waals surface area contributed by atoms with Gasteiger partial charge in [0.25, 0.3) is 0 Å². The molecule has 0 aromatic heterocycles. The first kappa shape index (κ1) is 12.2. The van der Waals surface area contributed by atoms with Gasteiger partial charge in [-0.1, -0.05) is 60.1 Å². The van der Waals surface area contributed by atoms with Gasteiger partial charge in [-0.2, -0.15) is 0 Å². The molecule has 0 spiro atoms. The molecule has 2 rings (SSSR count). The molecule has 0 radical (unpaired) electrons. The maximum atomic E-state index is 11.2. The summed E-state index contributed by atoms with van der Waals surface area (Å²) in [7, 11) is 0. The average Bonchev–Trinajstić information content (AvgIpc) is 2.58. The fourth-order valence-electron chi connectivity index (χ4n) is 1.62. The molecule has 0 bridgehead atoms. The quantitative estimate of drug-likeness (QED) is 0.782. The monoisotopic (exact) mass is 268 g/mol. The molecular formula is C13H10Cl2O2. The maximum Gasteiger partial charge on any atom is 0.351 e. The first-order valence-electron chi connectivity index (χ1n) is 5.09. The van der Waals surface area contributed by atoms with Gasteiger partial charge in [0, 0.05) is 6.42 Å². The number of hydrogen-bond donors (Lipinski definition) is 0. The molecule has 1 aliphatic rings. The highest BCUT2D eigenvalue weighted by Crippen LogP contribution is 2.33. The van der Waals surface area contributed by atoms with Crippen molar-refractivity contribution in [2.24, 2.45) is 0 Å². The predicted molar refractivity (Wildman–Crippen MR) is 68.7 cm³/mol. The predicted octanol–water partition coefficient (Wildman–Crippen LogP) is 3.70. The van der Waals surface area contributed by atoms with Crippen molar-refractivity contribution < 1.29 is 9.53 Å². The Balaban J connectivity index is 2.09. The zero-order valence-corrected chi connectivity index (χ0v) is 10.5. The third-order valence-electron chi connectivity index (χ3n) is 2.53. The van der Waals surface area contributed by atoms with Crippen molar-refractivity contribution in [3.8, 4) is 0 Å². The Morgan fingerprint density at radius 3 is 2.47 bits per heavy atom. The van der Waals surface area contributed by atoms with Gasteiger partial charge in [0.1, 0.15) is 11.1 Å². The van der Waals surface area contributed by atoms with Gasteiger partial charge in [0.05, 0.1) is 5.03 Å². The fourth-order valence-corrected chi connectivity index (χ4v) is 1.98. The molecule has 4 heteroatoms. The molecule has 1 aliphatic heterocycles. The van der Waals surface area contributed by atoms with Crippen molar-refractivity contribution in [2.45, 2.75) is 12.5 Å². The molecule has 0 saturated carbocycles. The number of carbonyl (C=O) groups excluding carboxylic acids is 1. The second-order valence-corrected chi connectivity index (χ2v) is 4.51. The number of hydrogen-bond acceptors (Lipinski definition) is 2. The molecule has 2 nitrogen and oxygen atoms in total. The Bertz CT molecular complexity index is 491. The van der Waals surface area contributed by atoms with Gasteiger partial charge in [-0.05, 0) is 11.1 Å². The van der Waals surface area contributed by atoms with E-state index >= 15 is 0 Å². The Morgan fingerprint density at radius 2 is 1.94 bits per heavy atom. The third-order valence-corrected chi connectivity index (χ3v) is 3.42. The minimum Gasteiger partial charge on any atom is -0.452 e. The number of rotatable bonds is 3. The van der Waals surface area contributed by atoms with Crippen LogP contribution in [0.3, 0.4) is 0 Å². The lowest BCUT2D eigenvalue weighted by atomic mass is 10.0. The molecule has 88 valence electrons. The van der Waals surface area contributed by atoms with E-state index in [4.69, 9.17) is 27.9 Å². The minimum atomic E-state index is -0.567. The van der Waals surface area contributed by atoms with Crippen LogP contribution in [0.15, 0.2) is 47.0 Å². The topological polar surface area (TPSA) is 26.3 Å². The van der Waals surface area contributed by atoms with Crippen LogP contribution in [0.4, 0.5) is 0 Å². The first-order chi connectivity index (χ1) is 8.09. The highest BCUT2D eigenvalue weighted by Gasteiger charge is 2.32. The maximum absolute atomic E-state index is 11.2. The smallest absolute Gasteiger partial charge is 0.351 e. The molecule has 0 aliphatic carbocycles. The van der Waals surface area contributed by atoms with Gasteiger partial charge >= 0.3 is 5.97 Å². The van der Waals surface area contributed by atoms with Crippen LogP contribution in [0.5, 0.6) is 0 Å². The van der Waals surface area contributed by atoms with Crippen LogP contribution in [0.2, 0.25) is 0 Å². The molecule has 0 saturated heterocycles. The summed E-state index contributed by atoms with van der Waals surface area (Å²) in [6.45, 7) is 3.96. The average molecular weight is 269 g/mol. The highest BCUT2D eigenvalue weighted by atomic mass is 35.5. The van der Waals surface area contributed by atoms with Gasteiger partial charge in [0.2, 0.25) is 0 Å². The van der Waals surface area contributed by atoms with Crippen LogP contribution in [0.1, 0.15) is 12.0 Å². The summed E-state index contributed by atoms with van der Waals surface area (Å²) >= 11 is 11.6. The summed E-state index contributed by atoms with van der Waals surface area (Å²) in [5.41, 5.74) is 1.85. The molecule has 1 unspecified atom stereocenters. The number of esters is 1. The van der Waals surface area contributed by atoms with Crippen LogP contribution in [0.25, 0.3) is 5.57 Å². The molecule has 17 heavy (non-hydrogen) atoms. The normalized spacial score (nSPS) is 19.4. The zero-order valence-electron chi connectivity index (χ0n) is 8.95. The van der Waals surface area contributed by atoms with Crippen LogP contribution in [0, 0.1) is 0 Å². The van der Waals surface area contributed by atoms with E-state index in [0.29, 0.717) is 6.42 Å². The second kappa shape index (κ2) is 4.94. The highest BCUT2D eigenvalue weighted by molar-refractivity contribution is 6.48. The largest absolute Gasteiger partial charge is 0.452 e. The SMILES string of the molecule is C=C(CC1OC(=O)C(Cl)=C1Cl)c1ccccc1. The summed E-state index contributed by atoms with van der Waals surface area (Å²) in [5.74, 6) is -0.567. The molecular weight excluding hydrogens is 259 g/mol. The summed E-state index contributed by atoms with van der Waals surface area (Å²) in [6.07, 6.45) is -0.0606. The van der Waals surface area contributed by atoms with E-state index < -0.39 is 12.1 Å². The molecule has 0 N–H and O–H groups in total. The number of halogens is 2. The lowest BCUT2D eigenvalue weighted by molar-refractivity contribution is -0.138. The molecule has 1 aromatic rings. The van der Waals surface area contributed by atoms with Gasteiger partial charge in [-0.3, -0.25) is 0 Å². The van der Waals surface area contributed by atoms with Gasteiger partial charge in [-0.15, -0.1) is 0 Å². The van der Waals surface area contributed by atoms with Gasteiger partial charge in [-0.25, -0.2) is 4.79 Å². The van der Waals surface area contributed by atoms with Crippen molar-refractivity contribution in [3.05, 3.63) is 52.5 Å². The first-order valence-corrected chi connectivity index (χ1v) is 5.84. The van der Waals surface area contributed by atoms with Crippen molar-refractivity contribution >= 4 is 34.7 Å². The molecule has 0 fully saturated rings. The van der Waals surface area contributed by atoms with Gasteiger partial charge < -0.3 is 4.74 Å². The Labute approximate surface area is 109 Å². The van der Waals surface area contributed by atoms with Crippen molar-refractivity contribution in [1.29, 1.82) is 0 Å². The van der Waals surface area contributed by atoms with E-state index in [0.717, 1.165) is 11.1 Å². The van der Waals surface area contributed by atoms with E-state index in [9.17, 15) is 4.79 Å². The van der Waals surface area contributed by atoms with Gasteiger partial charge in [0.15, 0.2) is 0 Å². The standard InChI is InChI=1S/C13H10Cl2O2/c1-8(9-5-3-2-4-6-9)7-10-11(14)12(15)13(16)17-10/h2-6,10H,1,7H2. The van der Waals surface area contributed by atoms with Crippen LogP contribution < -0.4 is 0 Å². The van der Waals surface area contributed by atoms with Crippen molar-refractivity contribution in [2.75, 3.05) is 0 Å². The van der Waals surface area contributed by atoms with E-state index in [1.165, 1.54) is 0 Å². The Hall–Kier alpha value is -1.25. The van der Waals surface area contributed by atoms with Crippen LogP contribution >= 0.6 is 23.2 Å². The zero-order chi connectivity index (χ0) is 12.4. The van der Waals surface area contributed by atoms with E-state index in [-0.39, 0.29) is 10.1 Å². The Morgan fingerprint density at radius 1 is 1.29 bits per heavy atom. The summed E-state index contributed by atoms with van der Waals surface area (Å²) < 4.78 is 5.04. The minimum absolute atomic E-state index is 0.0301. The molecule has 1 atom stereocenters. The number of benzene rings is 1. The Kier molecular flexibility index (Phi) is 3.55. The summed E-state index contributed by atoms with van der Waals surface area (Å²) in [5, 5.41) is 0.228. The second-order valence-electron chi connectivity index (χ2n) is 3.73. The lowest BCUT2D eigenvalue weighted by Crippen LogP contribution is -2.10. The van der Waals surface area contributed by atoms with Crippen LogP contribution in [-0.2, 0) is 9.53 Å². The van der Waals surface area contributed by atoms with Crippen molar-refractivity contribution in [3.63, 3.8) is 0 Å². The fraction of sp³-hybridized carbons (Fsp3) is 0.154. The summed E-state index contributed by atoms with van der Waals surface area (Å²) in [4.78, 5) is 11.2. The number of carbonyl (C=O) groups is 1.